The summed E-state index contributed by atoms with van der Waals surface area (Å²) < 4.78 is 6.81. The van der Waals surface area contributed by atoms with Crippen molar-refractivity contribution in [3.63, 3.8) is 0 Å². The number of halogens is 2. The number of anilines is 1. The lowest BCUT2D eigenvalue weighted by Crippen LogP contribution is -2.13. The molecule has 0 saturated heterocycles. The average Bonchev–Trinajstić information content (AvgIpc) is 2.97. The molecule has 0 spiro atoms. The molecule has 3 aromatic rings. The van der Waals surface area contributed by atoms with Crippen molar-refractivity contribution < 1.29 is 9.53 Å². The molecule has 0 unspecified atom stereocenters. The van der Waals surface area contributed by atoms with Gasteiger partial charge in [-0.15, -0.1) is 0 Å². The standard InChI is InChI=1S/C18H15Cl2N3O2/c1-11-8-16(22-23(11)13-6-4-3-5-7-13)18(24)21-12-9-14(19)17(25-2)15(20)10-12/h3-10H,1-2H3,(H,21,24). The van der Waals surface area contributed by atoms with Gasteiger partial charge in [0.1, 0.15) is 0 Å². The van der Waals surface area contributed by atoms with Gasteiger partial charge in [0.25, 0.3) is 5.91 Å². The van der Waals surface area contributed by atoms with E-state index in [1.807, 2.05) is 37.3 Å². The Morgan fingerprint density at radius 3 is 2.36 bits per heavy atom. The van der Waals surface area contributed by atoms with Crippen LogP contribution < -0.4 is 10.1 Å². The van der Waals surface area contributed by atoms with E-state index in [4.69, 9.17) is 27.9 Å². The van der Waals surface area contributed by atoms with Crippen LogP contribution in [-0.2, 0) is 0 Å². The van der Waals surface area contributed by atoms with E-state index in [2.05, 4.69) is 10.4 Å². The van der Waals surface area contributed by atoms with Crippen molar-refractivity contribution >= 4 is 34.8 Å². The Hall–Kier alpha value is -2.50. The van der Waals surface area contributed by atoms with Crippen LogP contribution in [0.15, 0.2) is 48.5 Å². The number of ether oxygens (including phenoxy) is 1. The number of para-hydroxylation sites is 1. The third-order valence-electron chi connectivity index (χ3n) is 3.58. The van der Waals surface area contributed by atoms with Crippen molar-refractivity contribution in [3.05, 3.63) is 70.0 Å². The van der Waals surface area contributed by atoms with Crippen LogP contribution in [-0.4, -0.2) is 22.8 Å². The number of hydrogen-bond donors (Lipinski definition) is 1. The van der Waals surface area contributed by atoms with E-state index in [0.717, 1.165) is 11.4 Å². The van der Waals surface area contributed by atoms with Crippen LogP contribution in [0.1, 0.15) is 16.2 Å². The molecule has 1 heterocycles. The number of rotatable bonds is 4. The summed E-state index contributed by atoms with van der Waals surface area (Å²) in [4.78, 5) is 12.5. The number of nitrogens with one attached hydrogen (secondary N) is 1. The van der Waals surface area contributed by atoms with Crippen LogP contribution in [0.2, 0.25) is 10.0 Å². The van der Waals surface area contributed by atoms with E-state index in [1.165, 1.54) is 7.11 Å². The molecule has 7 heteroatoms. The van der Waals surface area contributed by atoms with Gasteiger partial charge >= 0.3 is 0 Å². The highest BCUT2D eigenvalue weighted by molar-refractivity contribution is 6.37. The minimum Gasteiger partial charge on any atom is -0.494 e. The molecule has 5 nitrogen and oxygen atoms in total. The lowest BCUT2D eigenvalue weighted by molar-refractivity contribution is 0.102. The van der Waals surface area contributed by atoms with Crippen molar-refractivity contribution in [2.45, 2.75) is 6.92 Å². The number of aryl methyl sites for hydroxylation is 1. The molecule has 1 aromatic heterocycles. The van der Waals surface area contributed by atoms with Crippen LogP contribution in [0.4, 0.5) is 5.69 Å². The largest absolute Gasteiger partial charge is 0.494 e. The molecule has 1 N–H and O–H groups in total. The quantitative estimate of drug-likeness (QED) is 0.715. The minimum absolute atomic E-state index is 0.296. The predicted molar refractivity (Wildman–Crippen MR) is 99.3 cm³/mol. The van der Waals surface area contributed by atoms with E-state index in [0.29, 0.717) is 27.2 Å². The first-order valence-electron chi connectivity index (χ1n) is 7.46. The van der Waals surface area contributed by atoms with Gasteiger partial charge in [-0.2, -0.15) is 5.10 Å². The van der Waals surface area contributed by atoms with Gasteiger partial charge in [0.15, 0.2) is 11.4 Å². The summed E-state index contributed by atoms with van der Waals surface area (Å²) in [5.41, 5.74) is 2.49. The smallest absolute Gasteiger partial charge is 0.276 e. The second-order valence-corrected chi connectivity index (χ2v) is 6.16. The molecular weight excluding hydrogens is 361 g/mol. The number of carbonyl (C=O) groups is 1. The number of carbonyl (C=O) groups excluding carboxylic acids is 1. The van der Waals surface area contributed by atoms with Gasteiger partial charge in [0, 0.05) is 11.4 Å². The van der Waals surface area contributed by atoms with Crippen LogP contribution in [0.25, 0.3) is 5.69 Å². The summed E-state index contributed by atoms with van der Waals surface area (Å²) >= 11 is 12.2. The second-order valence-electron chi connectivity index (χ2n) is 5.35. The summed E-state index contributed by atoms with van der Waals surface area (Å²) in [6.07, 6.45) is 0. The highest BCUT2D eigenvalue weighted by Crippen LogP contribution is 2.35. The fourth-order valence-corrected chi connectivity index (χ4v) is 3.08. The fraction of sp³-hybridized carbons (Fsp3) is 0.111. The van der Waals surface area contributed by atoms with E-state index in [-0.39, 0.29) is 5.91 Å². The second kappa shape index (κ2) is 7.17. The van der Waals surface area contributed by atoms with Crippen LogP contribution >= 0.6 is 23.2 Å². The molecule has 25 heavy (non-hydrogen) atoms. The topological polar surface area (TPSA) is 56.1 Å². The Morgan fingerprint density at radius 1 is 1.12 bits per heavy atom. The summed E-state index contributed by atoms with van der Waals surface area (Å²) in [5.74, 6) is 0.0145. The summed E-state index contributed by atoms with van der Waals surface area (Å²) in [5, 5.41) is 7.74. The Bertz CT molecular complexity index is 900. The molecule has 0 radical (unpaired) electrons. The number of hydrogen-bond acceptors (Lipinski definition) is 3. The maximum atomic E-state index is 12.5. The predicted octanol–water partition coefficient (Wildman–Crippen LogP) is 4.75. The number of methoxy groups -OCH3 is 1. The molecule has 2 aromatic carbocycles. The number of nitrogens with zero attached hydrogens (tertiary/aromatic N) is 2. The molecule has 128 valence electrons. The summed E-state index contributed by atoms with van der Waals surface area (Å²) in [7, 11) is 1.48. The first-order chi connectivity index (χ1) is 12.0. The normalized spacial score (nSPS) is 10.6. The lowest BCUT2D eigenvalue weighted by Gasteiger charge is -2.09. The minimum atomic E-state index is -0.352. The van der Waals surface area contributed by atoms with E-state index in [1.54, 1.807) is 22.9 Å². The van der Waals surface area contributed by atoms with Crippen LogP contribution in [0.3, 0.4) is 0 Å². The maximum Gasteiger partial charge on any atom is 0.276 e. The van der Waals surface area contributed by atoms with Crippen LogP contribution in [0.5, 0.6) is 5.75 Å². The van der Waals surface area contributed by atoms with Gasteiger partial charge in [-0.05, 0) is 37.3 Å². The molecular formula is C18H15Cl2N3O2. The van der Waals surface area contributed by atoms with Crippen molar-refractivity contribution in [3.8, 4) is 11.4 Å². The SMILES string of the molecule is COc1c(Cl)cc(NC(=O)c2cc(C)n(-c3ccccc3)n2)cc1Cl. The van der Waals surface area contributed by atoms with Crippen molar-refractivity contribution in [1.82, 2.24) is 9.78 Å². The molecule has 1 amide bonds. The Balaban J connectivity index is 1.85. The van der Waals surface area contributed by atoms with E-state index >= 15 is 0 Å². The van der Waals surface area contributed by atoms with Gasteiger partial charge in [0.2, 0.25) is 0 Å². The number of benzene rings is 2. The Morgan fingerprint density at radius 2 is 1.76 bits per heavy atom. The maximum absolute atomic E-state index is 12.5. The molecule has 3 rings (SSSR count). The number of amides is 1. The first kappa shape index (κ1) is 17.3. The fourth-order valence-electron chi connectivity index (χ4n) is 2.44. The molecule has 0 aliphatic heterocycles. The molecule has 0 bridgehead atoms. The van der Waals surface area contributed by atoms with Crippen molar-refractivity contribution in [2.24, 2.45) is 0 Å². The van der Waals surface area contributed by atoms with Gasteiger partial charge in [-0.1, -0.05) is 41.4 Å². The van der Waals surface area contributed by atoms with Gasteiger partial charge in [-0.25, -0.2) is 4.68 Å². The summed E-state index contributed by atoms with van der Waals surface area (Å²) in [6, 6.07) is 14.5. The van der Waals surface area contributed by atoms with Crippen molar-refractivity contribution in [1.29, 1.82) is 0 Å². The molecule has 0 aliphatic rings. The monoisotopic (exact) mass is 375 g/mol. The third-order valence-corrected chi connectivity index (χ3v) is 4.14. The molecule has 0 aliphatic carbocycles. The summed E-state index contributed by atoms with van der Waals surface area (Å²) in [6.45, 7) is 1.89. The number of aromatic nitrogens is 2. The zero-order valence-corrected chi connectivity index (χ0v) is 15.1. The zero-order valence-electron chi connectivity index (χ0n) is 13.6. The Labute approximate surface area is 155 Å². The molecule has 0 fully saturated rings. The average molecular weight is 376 g/mol. The lowest BCUT2D eigenvalue weighted by atomic mass is 10.2. The Kier molecular flexibility index (Phi) is 4.97. The van der Waals surface area contributed by atoms with Gasteiger partial charge in [-0.3, -0.25) is 4.79 Å². The van der Waals surface area contributed by atoms with Crippen molar-refractivity contribution in [2.75, 3.05) is 12.4 Å². The third kappa shape index (κ3) is 3.62. The van der Waals surface area contributed by atoms with Gasteiger partial charge < -0.3 is 10.1 Å². The highest BCUT2D eigenvalue weighted by Gasteiger charge is 2.15. The molecule has 0 atom stereocenters. The van der Waals surface area contributed by atoms with E-state index in [9.17, 15) is 4.79 Å². The highest BCUT2D eigenvalue weighted by atomic mass is 35.5. The molecule has 0 saturated carbocycles. The van der Waals surface area contributed by atoms with Gasteiger partial charge in [0.05, 0.1) is 22.8 Å². The van der Waals surface area contributed by atoms with E-state index < -0.39 is 0 Å². The van der Waals surface area contributed by atoms with Crippen LogP contribution in [0, 0.1) is 6.92 Å². The zero-order chi connectivity index (χ0) is 18.0. The first-order valence-corrected chi connectivity index (χ1v) is 8.21.